The van der Waals surface area contributed by atoms with E-state index in [4.69, 9.17) is 10.4 Å². The van der Waals surface area contributed by atoms with Crippen molar-refractivity contribution in [2.24, 2.45) is 0 Å². The molecule has 0 spiro atoms. The molecule has 9 heteroatoms. The summed E-state index contributed by atoms with van der Waals surface area (Å²) in [4.78, 5) is 30.9. The largest absolute Gasteiger partial charge is 0.478 e. The molecule has 0 aliphatic heterocycles. The van der Waals surface area contributed by atoms with Crippen LogP contribution in [0.5, 0.6) is 0 Å². The molecule has 2 rings (SSSR count). The lowest BCUT2D eigenvalue weighted by Crippen LogP contribution is -2.04. The number of nitriles is 1. The number of carboxylic acids is 1. The monoisotopic (exact) mass is 399 g/mol. The van der Waals surface area contributed by atoms with Crippen LogP contribution in [0.3, 0.4) is 0 Å². The Morgan fingerprint density at radius 1 is 0.931 bits per heavy atom. The van der Waals surface area contributed by atoms with Gasteiger partial charge in [-0.05, 0) is 35.1 Å². The number of nitro benzene ring substituents is 2. The highest BCUT2D eigenvalue weighted by molar-refractivity contribution is 5.90. The minimum Gasteiger partial charge on any atom is -0.478 e. The van der Waals surface area contributed by atoms with Gasteiger partial charge in [-0.25, -0.2) is 4.79 Å². The van der Waals surface area contributed by atoms with Crippen molar-refractivity contribution in [2.75, 3.05) is 0 Å². The topological polar surface area (TPSA) is 147 Å². The lowest BCUT2D eigenvalue weighted by molar-refractivity contribution is -0.385. The van der Waals surface area contributed by atoms with Crippen molar-refractivity contribution >= 4 is 17.3 Å². The van der Waals surface area contributed by atoms with E-state index in [1.165, 1.54) is 36.4 Å². The Morgan fingerprint density at radius 2 is 1.38 bits per heavy atom. The van der Waals surface area contributed by atoms with Crippen molar-refractivity contribution in [1.82, 2.24) is 0 Å². The molecule has 0 amide bonds. The predicted molar refractivity (Wildman–Crippen MR) is 106 cm³/mol. The van der Waals surface area contributed by atoms with Crippen LogP contribution in [0.1, 0.15) is 66.6 Å². The Bertz CT molecular complexity index is 977. The Balaban J connectivity index is 0.000000291. The van der Waals surface area contributed by atoms with Gasteiger partial charge in [-0.1, -0.05) is 27.7 Å². The van der Waals surface area contributed by atoms with Gasteiger partial charge < -0.3 is 5.11 Å². The van der Waals surface area contributed by atoms with Crippen LogP contribution < -0.4 is 0 Å². The van der Waals surface area contributed by atoms with Crippen LogP contribution in [0.25, 0.3) is 0 Å². The van der Waals surface area contributed by atoms with Gasteiger partial charge in [0.15, 0.2) is 0 Å². The molecule has 0 radical (unpaired) electrons. The van der Waals surface area contributed by atoms with Crippen LogP contribution in [0, 0.1) is 31.6 Å². The molecular formula is C20H21N3O6. The maximum atomic E-state index is 10.8. The van der Waals surface area contributed by atoms with Crippen molar-refractivity contribution in [1.29, 1.82) is 5.26 Å². The zero-order valence-electron chi connectivity index (χ0n) is 16.4. The van der Waals surface area contributed by atoms with Crippen molar-refractivity contribution in [3.8, 4) is 6.07 Å². The van der Waals surface area contributed by atoms with E-state index in [2.05, 4.69) is 0 Å². The van der Waals surface area contributed by atoms with Crippen LogP contribution in [-0.2, 0) is 0 Å². The number of carboxylic acid groups (broad SMARTS) is 1. The Morgan fingerprint density at radius 3 is 1.76 bits per heavy atom. The SMILES string of the molecule is CC(C)c1cc([N+](=O)[O-])ccc1C#N.CC(C)c1cc([N+](=O)[O-])ccc1C(=O)O. The van der Waals surface area contributed by atoms with Gasteiger partial charge in [-0.3, -0.25) is 20.2 Å². The highest BCUT2D eigenvalue weighted by Gasteiger charge is 2.17. The first kappa shape index (κ1) is 23.2. The third-order valence-corrected chi connectivity index (χ3v) is 4.09. The van der Waals surface area contributed by atoms with Gasteiger partial charge in [-0.15, -0.1) is 0 Å². The molecule has 1 N–H and O–H groups in total. The van der Waals surface area contributed by atoms with Crippen molar-refractivity contribution in [3.63, 3.8) is 0 Å². The van der Waals surface area contributed by atoms with Gasteiger partial charge in [0.1, 0.15) is 0 Å². The zero-order valence-corrected chi connectivity index (χ0v) is 16.4. The first-order chi connectivity index (χ1) is 13.5. The second-order valence-corrected chi connectivity index (χ2v) is 6.78. The lowest BCUT2D eigenvalue weighted by atomic mass is 9.96. The maximum Gasteiger partial charge on any atom is 0.335 e. The second kappa shape index (κ2) is 9.94. The quantitative estimate of drug-likeness (QED) is 0.549. The summed E-state index contributed by atoms with van der Waals surface area (Å²) in [6.07, 6.45) is 0. The molecule has 0 fully saturated rings. The second-order valence-electron chi connectivity index (χ2n) is 6.78. The number of hydrogen-bond acceptors (Lipinski definition) is 6. The number of nitro groups is 2. The number of nitrogens with zero attached hydrogens (tertiary/aromatic N) is 3. The highest BCUT2D eigenvalue weighted by Crippen LogP contribution is 2.25. The molecule has 2 aromatic rings. The fourth-order valence-electron chi connectivity index (χ4n) is 2.58. The van der Waals surface area contributed by atoms with Crippen molar-refractivity contribution < 1.29 is 19.7 Å². The minimum absolute atomic E-state index is 0.0349. The molecule has 0 aliphatic carbocycles. The van der Waals surface area contributed by atoms with Crippen LogP contribution in [-0.4, -0.2) is 20.9 Å². The van der Waals surface area contributed by atoms with Crippen LogP contribution in [0.15, 0.2) is 36.4 Å². The van der Waals surface area contributed by atoms with E-state index in [-0.39, 0.29) is 28.8 Å². The van der Waals surface area contributed by atoms with E-state index >= 15 is 0 Å². The first-order valence-electron chi connectivity index (χ1n) is 8.69. The summed E-state index contributed by atoms with van der Waals surface area (Å²) in [6.45, 7) is 7.40. The van der Waals surface area contributed by atoms with E-state index in [1.807, 2.05) is 19.9 Å². The molecule has 0 unspecified atom stereocenters. The molecule has 0 bridgehead atoms. The first-order valence-corrected chi connectivity index (χ1v) is 8.69. The van der Waals surface area contributed by atoms with E-state index in [0.717, 1.165) is 5.56 Å². The standard InChI is InChI=1S/C10H10N2O2.C10H11NO4/c1-7(2)10-5-9(12(13)14)4-3-8(10)6-11;1-6(2)9-5-7(11(14)15)3-4-8(9)10(12)13/h3-5,7H,1-2H3;3-6H,1-2H3,(H,12,13). The molecule has 152 valence electrons. The maximum absolute atomic E-state index is 10.8. The number of aromatic carboxylic acids is 1. The van der Waals surface area contributed by atoms with Gasteiger partial charge in [0.05, 0.1) is 27.0 Å². The molecule has 0 heterocycles. The summed E-state index contributed by atoms with van der Waals surface area (Å²) < 4.78 is 0. The number of benzene rings is 2. The summed E-state index contributed by atoms with van der Waals surface area (Å²) in [5, 5.41) is 38.7. The normalized spacial score (nSPS) is 10.1. The van der Waals surface area contributed by atoms with Gasteiger partial charge in [-0.2, -0.15) is 5.26 Å². The van der Waals surface area contributed by atoms with Crippen molar-refractivity contribution in [2.45, 2.75) is 39.5 Å². The molecule has 0 saturated heterocycles. The summed E-state index contributed by atoms with van der Waals surface area (Å²) in [6, 6.07) is 10.1. The fourth-order valence-corrected chi connectivity index (χ4v) is 2.58. The van der Waals surface area contributed by atoms with E-state index in [1.54, 1.807) is 13.8 Å². The van der Waals surface area contributed by atoms with Crippen LogP contribution in [0.2, 0.25) is 0 Å². The molecule has 0 saturated carbocycles. The molecule has 0 aromatic heterocycles. The van der Waals surface area contributed by atoms with E-state index in [0.29, 0.717) is 11.1 Å². The predicted octanol–water partition coefficient (Wildman–Crippen LogP) is 5.01. The van der Waals surface area contributed by atoms with Gasteiger partial charge in [0.2, 0.25) is 0 Å². The smallest absolute Gasteiger partial charge is 0.335 e. The van der Waals surface area contributed by atoms with Gasteiger partial charge in [0.25, 0.3) is 11.4 Å². The Kier molecular flexibility index (Phi) is 7.97. The molecule has 0 atom stereocenters. The molecule has 9 nitrogen and oxygen atoms in total. The lowest BCUT2D eigenvalue weighted by Gasteiger charge is -2.08. The summed E-state index contributed by atoms with van der Waals surface area (Å²) in [5.74, 6) is -1.01. The van der Waals surface area contributed by atoms with Crippen molar-refractivity contribution in [3.05, 3.63) is 78.9 Å². The number of rotatable bonds is 5. The average molecular weight is 399 g/mol. The van der Waals surface area contributed by atoms with Crippen LogP contribution in [0.4, 0.5) is 11.4 Å². The number of non-ortho nitro benzene ring substituents is 2. The van der Waals surface area contributed by atoms with E-state index in [9.17, 15) is 25.0 Å². The molecule has 2 aromatic carbocycles. The molecule has 29 heavy (non-hydrogen) atoms. The molecule has 0 aliphatic rings. The summed E-state index contributed by atoms with van der Waals surface area (Å²) in [7, 11) is 0. The number of carbonyl (C=O) groups is 1. The van der Waals surface area contributed by atoms with Gasteiger partial charge in [0, 0.05) is 24.3 Å². The van der Waals surface area contributed by atoms with Gasteiger partial charge >= 0.3 is 5.97 Å². The Labute approximate surface area is 167 Å². The minimum atomic E-state index is -1.06. The highest BCUT2D eigenvalue weighted by atomic mass is 16.6. The summed E-state index contributed by atoms with van der Waals surface area (Å²) in [5.41, 5.74) is 1.79. The Hall–Kier alpha value is -3.80. The summed E-state index contributed by atoms with van der Waals surface area (Å²) >= 11 is 0. The zero-order chi connectivity index (χ0) is 22.3. The average Bonchev–Trinajstić information content (AvgIpc) is 2.67. The third kappa shape index (κ3) is 6.10. The van der Waals surface area contributed by atoms with E-state index < -0.39 is 15.8 Å². The third-order valence-electron chi connectivity index (χ3n) is 4.09. The number of hydrogen-bond donors (Lipinski definition) is 1. The molecular weight excluding hydrogens is 378 g/mol. The fraction of sp³-hybridized carbons (Fsp3) is 0.300. The van der Waals surface area contributed by atoms with Crippen LogP contribution >= 0.6 is 0 Å².